The number of aryl methyl sites for hydroxylation is 1. The van der Waals surface area contributed by atoms with Crippen molar-refractivity contribution in [2.45, 2.75) is 45.3 Å². The molecule has 3 nitrogen and oxygen atoms in total. The predicted molar refractivity (Wildman–Crippen MR) is 95.1 cm³/mol. The van der Waals surface area contributed by atoms with E-state index in [1.165, 1.54) is 18.9 Å². The van der Waals surface area contributed by atoms with E-state index in [0.29, 0.717) is 6.04 Å². The number of pyridine rings is 1. The lowest BCUT2D eigenvalue weighted by Crippen LogP contribution is -2.35. The van der Waals surface area contributed by atoms with E-state index in [2.05, 4.69) is 28.2 Å². The Balaban J connectivity index is 1.81. The first-order valence-corrected chi connectivity index (χ1v) is 8.82. The third kappa shape index (κ3) is 4.62. The predicted octanol–water partition coefficient (Wildman–Crippen LogP) is 3.67. The van der Waals surface area contributed by atoms with Gasteiger partial charge >= 0.3 is 0 Å². The number of nitrogens with zero attached hydrogens (tertiary/aromatic N) is 2. The van der Waals surface area contributed by atoms with Crippen molar-refractivity contribution < 1.29 is 4.39 Å². The Morgan fingerprint density at radius 3 is 2.92 bits per heavy atom. The molecule has 1 saturated heterocycles. The summed E-state index contributed by atoms with van der Waals surface area (Å²) in [7, 11) is 0. The van der Waals surface area contributed by atoms with Gasteiger partial charge in [-0.1, -0.05) is 12.1 Å². The molecule has 1 aromatic carbocycles. The normalized spacial score (nSPS) is 18.5. The lowest BCUT2D eigenvalue weighted by atomic mass is 10.0. The topological polar surface area (TPSA) is 28.2 Å². The number of hydrogen-bond acceptors (Lipinski definition) is 3. The largest absolute Gasteiger partial charge is 0.317 e. The number of aromatic nitrogens is 1. The molecule has 0 aliphatic carbocycles. The molecule has 3 rings (SSSR count). The fraction of sp³-hybridized carbons (Fsp3) is 0.450. The lowest BCUT2D eigenvalue weighted by Gasteiger charge is -2.31. The highest BCUT2D eigenvalue weighted by Gasteiger charge is 2.21. The van der Waals surface area contributed by atoms with Crippen LogP contribution in [0, 0.1) is 12.7 Å². The van der Waals surface area contributed by atoms with Crippen LogP contribution in [0.25, 0.3) is 0 Å². The van der Waals surface area contributed by atoms with E-state index in [4.69, 9.17) is 0 Å². The molecule has 0 amide bonds. The molecule has 4 heteroatoms. The van der Waals surface area contributed by atoms with E-state index in [1.54, 1.807) is 6.07 Å². The Hall–Kier alpha value is -1.78. The Morgan fingerprint density at radius 1 is 1.17 bits per heavy atom. The van der Waals surface area contributed by atoms with Crippen molar-refractivity contribution in [2.24, 2.45) is 0 Å². The van der Waals surface area contributed by atoms with Gasteiger partial charge in [-0.3, -0.25) is 9.88 Å². The number of hydrogen-bond donors (Lipinski definition) is 1. The summed E-state index contributed by atoms with van der Waals surface area (Å²) in [5.41, 5.74) is 3.29. The number of benzene rings is 1. The fourth-order valence-corrected chi connectivity index (χ4v) is 3.41. The van der Waals surface area contributed by atoms with Gasteiger partial charge in [-0.05, 0) is 74.7 Å². The van der Waals surface area contributed by atoms with Gasteiger partial charge < -0.3 is 5.32 Å². The summed E-state index contributed by atoms with van der Waals surface area (Å²) in [6, 6.07) is 11.6. The molecule has 0 bridgehead atoms. The van der Waals surface area contributed by atoms with Crippen LogP contribution in [0.5, 0.6) is 0 Å². The summed E-state index contributed by atoms with van der Waals surface area (Å²) in [5, 5.41) is 3.48. The van der Waals surface area contributed by atoms with Crippen molar-refractivity contribution >= 4 is 0 Å². The molecule has 1 aliphatic rings. The highest BCUT2D eigenvalue weighted by Crippen LogP contribution is 2.21. The third-order valence-corrected chi connectivity index (χ3v) is 4.84. The molecule has 2 aromatic rings. The van der Waals surface area contributed by atoms with Gasteiger partial charge in [0.25, 0.3) is 0 Å². The van der Waals surface area contributed by atoms with Crippen LogP contribution in [0.15, 0.2) is 42.6 Å². The first kappa shape index (κ1) is 17.1. The summed E-state index contributed by atoms with van der Waals surface area (Å²) in [6.07, 6.45) is 5.33. The number of rotatable bonds is 5. The van der Waals surface area contributed by atoms with Crippen molar-refractivity contribution in [3.63, 3.8) is 0 Å². The van der Waals surface area contributed by atoms with Crippen molar-refractivity contribution in [3.8, 4) is 0 Å². The Kier molecular flexibility index (Phi) is 5.94. The highest BCUT2D eigenvalue weighted by molar-refractivity contribution is 5.26. The highest BCUT2D eigenvalue weighted by atomic mass is 19.1. The standard InChI is InChI=1S/C20H26FN3/c1-16-7-8-18(21)13-17(16)14-24(15-19-5-2-3-11-23-19)20-6-4-10-22-12-9-20/h2-3,5,7-8,11,13,20,22H,4,6,9-10,12,14-15H2,1H3. The summed E-state index contributed by atoms with van der Waals surface area (Å²) in [5.74, 6) is -0.157. The maximum Gasteiger partial charge on any atom is 0.123 e. The second-order valence-corrected chi connectivity index (χ2v) is 6.63. The van der Waals surface area contributed by atoms with E-state index < -0.39 is 0 Å². The van der Waals surface area contributed by atoms with Gasteiger partial charge in [0, 0.05) is 25.3 Å². The molecule has 1 atom stereocenters. The van der Waals surface area contributed by atoms with Gasteiger partial charge in [0.05, 0.1) is 5.69 Å². The SMILES string of the molecule is Cc1ccc(F)cc1CN(Cc1ccccn1)C1CCCNCC1. The molecule has 1 aromatic heterocycles. The van der Waals surface area contributed by atoms with E-state index in [0.717, 1.165) is 49.4 Å². The summed E-state index contributed by atoms with van der Waals surface area (Å²) >= 11 is 0. The minimum atomic E-state index is -0.157. The van der Waals surface area contributed by atoms with Crippen LogP contribution in [0.3, 0.4) is 0 Å². The van der Waals surface area contributed by atoms with E-state index in [-0.39, 0.29) is 5.82 Å². The van der Waals surface area contributed by atoms with Gasteiger partial charge in [-0.2, -0.15) is 0 Å². The average molecular weight is 327 g/mol. The fourth-order valence-electron chi connectivity index (χ4n) is 3.41. The monoisotopic (exact) mass is 327 g/mol. The van der Waals surface area contributed by atoms with Crippen LogP contribution in [0.2, 0.25) is 0 Å². The molecule has 1 aliphatic heterocycles. The molecule has 1 unspecified atom stereocenters. The Morgan fingerprint density at radius 2 is 2.08 bits per heavy atom. The molecular weight excluding hydrogens is 301 g/mol. The van der Waals surface area contributed by atoms with Gasteiger partial charge in [-0.15, -0.1) is 0 Å². The summed E-state index contributed by atoms with van der Waals surface area (Å²) in [4.78, 5) is 6.96. The Labute approximate surface area is 143 Å². The summed E-state index contributed by atoms with van der Waals surface area (Å²) in [6.45, 7) is 5.77. The molecular formula is C20H26FN3. The van der Waals surface area contributed by atoms with Crippen LogP contribution >= 0.6 is 0 Å². The zero-order chi connectivity index (χ0) is 16.8. The maximum absolute atomic E-state index is 13.7. The van der Waals surface area contributed by atoms with Gasteiger partial charge in [0.15, 0.2) is 0 Å². The van der Waals surface area contributed by atoms with E-state index in [9.17, 15) is 4.39 Å². The molecule has 0 radical (unpaired) electrons. The van der Waals surface area contributed by atoms with E-state index in [1.807, 2.05) is 24.4 Å². The maximum atomic E-state index is 13.7. The van der Waals surface area contributed by atoms with Gasteiger partial charge in [-0.25, -0.2) is 4.39 Å². The van der Waals surface area contributed by atoms with E-state index >= 15 is 0 Å². The van der Waals surface area contributed by atoms with Gasteiger partial charge in [0.2, 0.25) is 0 Å². The minimum Gasteiger partial charge on any atom is -0.317 e. The zero-order valence-corrected chi connectivity index (χ0v) is 14.3. The second kappa shape index (κ2) is 8.36. The van der Waals surface area contributed by atoms with Crippen molar-refractivity contribution in [2.75, 3.05) is 13.1 Å². The third-order valence-electron chi connectivity index (χ3n) is 4.84. The summed E-state index contributed by atoms with van der Waals surface area (Å²) < 4.78 is 13.7. The minimum absolute atomic E-state index is 0.157. The lowest BCUT2D eigenvalue weighted by molar-refractivity contribution is 0.162. The first-order chi connectivity index (χ1) is 11.7. The van der Waals surface area contributed by atoms with Crippen molar-refractivity contribution in [3.05, 3.63) is 65.2 Å². The molecule has 1 N–H and O–H groups in total. The molecule has 1 fully saturated rings. The molecule has 0 spiro atoms. The van der Waals surface area contributed by atoms with Crippen molar-refractivity contribution in [1.29, 1.82) is 0 Å². The van der Waals surface area contributed by atoms with Crippen LogP contribution in [-0.2, 0) is 13.1 Å². The molecule has 0 saturated carbocycles. The van der Waals surface area contributed by atoms with Crippen LogP contribution in [0.4, 0.5) is 4.39 Å². The molecule has 2 heterocycles. The van der Waals surface area contributed by atoms with Crippen LogP contribution < -0.4 is 5.32 Å². The number of nitrogens with one attached hydrogen (secondary N) is 1. The first-order valence-electron chi connectivity index (χ1n) is 8.82. The molecule has 24 heavy (non-hydrogen) atoms. The van der Waals surface area contributed by atoms with Crippen LogP contribution in [-0.4, -0.2) is 29.0 Å². The smallest absolute Gasteiger partial charge is 0.123 e. The zero-order valence-electron chi connectivity index (χ0n) is 14.3. The average Bonchev–Trinajstić information content (AvgIpc) is 2.88. The quantitative estimate of drug-likeness (QED) is 0.908. The Bertz CT molecular complexity index is 637. The van der Waals surface area contributed by atoms with Gasteiger partial charge in [0.1, 0.15) is 5.82 Å². The number of halogens is 1. The van der Waals surface area contributed by atoms with Crippen LogP contribution in [0.1, 0.15) is 36.1 Å². The second-order valence-electron chi connectivity index (χ2n) is 6.63. The van der Waals surface area contributed by atoms with Crippen molar-refractivity contribution in [1.82, 2.24) is 15.2 Å². The molecule has 128 valence electrons.